The summed E-state index contributed by atoms with van der Waals surface area (Å²) in [5.41, 5.74) is 0.780. The highest BCUT2D eigenvalue weighted by Gasteiger charge is 2.30. The lowest BCUT2D eigenvalue weighted by molar-refractivity contribution is -0.143. The third-order valence-electron chi connectivity index (χ3n) is 5.13. The van der Waals surface area contributed by atoms with Gasteiger partial charge in [0.05, 0.1) is 0 Å². The lowest BCUT2D eigenvalue weighted by Crippen LogP contribution is -2.56. The van der Waals surface area contributed by atoms with Crippen molar-refractivity contribution < 1.29 is 38.9 Å². The van der Waals surface area contributed by atoms with Gasteiger partial charge in [-0.2, -0.15) is 0 Å². The van der Waals surface area contributed by atoms with Gasteiger partial charge in [-0.3, -0.25) is 14.4 Å². The van der Waals surface area contributed by atoms with E-state index in [1.165, 1.54) is 0 Å². The van der Waals surface area contributed by atoms with Crippen LogP contribution in [0.3, 0.4) is 0 Å². The van der Waals surface area contributed by atoms with Crippen LogP contribution in [0.2, 0.25) is 0 Å². The Morgan fingerprint density at radius 2 is 1.28 bits per heavy atom. The second-order valence-corrected chi connectivity index (χ2v) is 9.41. The van der Waals surface area contributed by atoms with Crippen LogP contribution in [0.15, 0.2) is 30.3 Å². The van der Waals surface area contributed by atoms with Gasteiger partial charge in [-0.15, -0.1) is 0 Å². The zero-order valence-corrected chi connectivity index (χ0v) is 21.2. The monoisotopic (exact) mass is 507 g/mol. The molecule has 0 aliphatic heterocycles. The van der Waals surface area contributed by atoms with Crippen LogP contribution < -0.4 is 16.0 Å². The van der Waals surface area contributed by atoms with E-state index in [4.69, 9.17) is 9.84 Å². The number of nitrogens with one attached hydrogen (secondary N) is 3. The van der Waals surface area contributed by atoms with Crippen molar-refractivity contribution in [2.45, 2.75) is 78.1 Å². The minimum absolute atomic E-state index is 0.0218. The van der Waals surface area contributed by atoms with Crippen molar-refractivity contribution in [1.82, 2.24) is 16.0 Å². The first-order valence-corrected chi connectivity index (χ1v) is 11.9. The number of ether oxygens (including phenoxy) is 1. The number of amides is 3. The van der Waals surface area contributed by atoms with Crippen molar-refractivity contribution in [3.63, 3.8) is 0 Å². The second kappa shape index (κ2) is 15.4. The predicted molar refractivity (Wildman–Crippen MR) is 131 cm³/mol. The quantitative estimate of drug-likeness (QED) is 0.241. The number of benzene rings is 1. The maximum Gasteiger partial charge on any atom is 0.408 e. The lowest BCUT2D eigenvalue weighted by Gasteiger charge is -2.26. The van der Waals surface area contributed by atoms with Gasteiger partial charge in [0.2, 0.25) is 11.8 Å². The van der Waals surface area contributed by atoms with E-state index >= 15 is 0 Å². The average Bonchev–Trinajstić information content (AvgIpc) is 2.79. The number of hydrogen-bond donors (Lipinski definition) is 5. The van der Waals surface area contributed by atoms with Gasteiger partial charge in [-0.05, 0) is 36.7 Å². The molecule has 0 unspecified atom stereocenters. The van der Waals surface area contributed by atoms with Crippen LogP contribution in [0.1, 0.15) is 58.9 Å². The molecule has 3 amide bonds. The first kappa shape index (κ1) is 30.4. The summed E-state index contributed by atoms with van der Waals surface area (Å²) < 4.78 is 5.21. The van der Waals surface area contributed by atoms with Crippen LogP contribution in [0, 0.1) is 11.8 Å². The second-order valence-electron chi connectivity index (χ2n) is 9.41. The summed E-state index contributed by atoms with van der Waals surface area (Å²) in [4.78, 5) is 60.5. The SMILES string of the molecule is CC(C)C[C@H](NC(=O)OCc1ccccc1)C(=O)N[C@@H](CC(C)C)C(=O)N[C@@H](CCC(=O)O)C(=O)O. The van der Waals surface area contributed by atoms with Gasteiger partial charge in [0.15, 0.2) is 0 Å². The van der Waals surface area contributed by atoms with E-state index in [9.17, 15) is 29.1 Å². The molecule has 1 aromatic carbocycles. The van der Waals surface area contributed by atoms with Crippen LogP contribution in [0.5, 0.6) is 0 Å². The summed E-state index contributed by atoms with van der Waals surface area (Å²) in [5.74, 6) is -3.93. The van der Waals surface area contributed by atoms with Crippen LogP contribution in [-0.2, 0) is 30.5 Å². The molecule has 0 fully saturated rings. The van der Waals surface area contributed by atoms with E-state index in [1.54, 1.807) is 12.1 Å². The first-order valence-electron chi connectivity index (χ1n) is 11.9. The third-order valence-corrected chi connectivity index (χ3v) is 5.13. The lowest BCUT2D eigenvalue weighted by atomic mass is 9.99. The standard InChI is InChI=1S/C25H37N3O8/c1-15(2)12-19(22(31)26-18(24(33)34)10-11-21(29)30)27-23(32)20(13-16(3)4)28-25(35)36-14-17-8-6-5-7-9-17/h5-9,15-16,18-20H,10-14H2,1-4H3,(H,26,31)(H,27,32)(H,28,35)(H,29,30)(H,33,34)/t18-,19-,20-/m0/s1. The normalized spacial score (nSPS) is 13.4. The fourth-order valence-corrected chi connectivity index (χ4v) is 3.38. The Bertz CT molecular complexity index is 889. The van der Waals surface area contributed by atoms with E-state index in [0.717, 1.165) is 5.56 Å². The number of alkyl carbamates (subject to hydrolysis) is 1. The predicted octanol–water partition coefficient (Wildman–Crippen LogP) is 2.29. The molecule has 0 saturated carbocycles. The minimum atomic E-state index is -1.42. The van der Waals surface area contributed by atoms with E-state index in [-0.39, 0.29) is 37.7 Å². The Labute approximate surface area is 211 Å². The molecule has 11 heteroatoms. The molecular formula is C25H37N3O8. The van der Waals surface area contributed by atoms with Crippen molar-refractivity contribution in [2.75, 3.05) is 0 Å². The summed E-state index contributed by atoms with van der Waals surface area (Å²) in [6, 6.07) is 5.55. The van der Waals surface area contributed by atoms with Gasteiger partial charge < -0.3 is 30.9 Å². The van der Waals surface area contributed by atoms with Gasteiger partial charge in [-0.1, -0.05) is 58.0 Å². The Balaban J connectivity index is 2.88. The largest absolute Gasteiger partial charge is 0.481 e. The fourth-order valence-electron chi connectivity index (χ4n) is 3.38. The number of carboxylic acid groups (broad SMARTS) is 2. The van der Waals surface area contributed by atoms with Crippen molar-refractivity contribution >= 4 is 29.8 Å². The number of aliphatic carboxylic acids is 2. The van der Waals surface area contributed by atoms with E-state index in [0.29, 0.717) is 0 Å². The van der Waals surface area contributed by atoms with Crippen LogP contribution in [0.4, 0.5) is 4.79 Å². The highest BCUT2D eigenvalue weighted by Crippen LogP contribution is 2.10. The summed E-state index contributed by atoms with van der Waals surface area (Å²) in [6.07, 6.45) is -1.05. The van der Waals surface area contributed by atoms with Gasteiger partial charge in [0.1, 0.15) is 24.7 Å². The zero-order valence-electron chi connectivity index (χ0n) is 21.2. The Kier molecular flexibility index (Phi) is 13.0. The molecule has 1 aromatic rings. The molecule has 0 saturated heterocycles. The molecule has 0 aliphatic carbocycles. The third kappa shape index (κ3) is 12.2. The molecule has 5 N–H and O–H groups in total. The van der Waals surface area contributed by atoms with Gasteiger partial charge in [0, 0.05) is 6.42 Å². The van der Waals surface area contributed by atoms with Crippen molar-refractivity contribution in [2.24, 2.45) is 11.8 Å². The first-order chi connectivity index (χ1) is 16.9. The summed E-state index contributed by atoms with van der Waals surface area (Å²) >= 11 is 0. The molecule has 0 aromatic heterocycles. The maximum atomic E-state index is 13.1. The molecule has 0 radical (unpaired) electrons. The highest BCUT2D eigenvalue weighted by molar-refractivity contribution is 5.93. The molecule has 0 aliphatic rings. The molecule has 0 bridgehead atoms. The van der Waals surface area contributed by atoms with E-state index in [2.05, 4.69) is 16.0 Å². The average molecular weight is 508 g/mol. The summed E-state index contributed by atoms with van der Waals surface area (Å²) in [7, 11) is 0. The van der Waals surface area contributed by atoms with Gasteiger partial charge in [0.25, 0.3) is 0 Å². The highest BCUT2D eigenvalue weighted by atomic mass is 16.5. The number of hydrogen-bond acceptors (Lipinski definition) is 6. The van der Waals surface area contributed by atoms with Crippen LogP contribution >= 0.6 is 0 Å². The molecule has 11 nitrogen and oxygen atoms in total. The van der Waals surface area contributed by atoms with Crippen molar-refractivity contribution in [3.8, 4) is 0 Å². The van der Waals surface area contributed by atoms with Crippen molar-refractivity contribution in [1.29, 1.82) is 0 Å². The Morgan fingerprint density at radius 1 is 0.778 bits per heavy atom. The Hall–Kier alpha value is -3.63. The van der Waals surface area contributed by atoms with E-state index in [1.807, 2.05) is 45.9 Å². The molecule has 3 atom stereocenters. The fraction of sp³-hybridized carbons (Fsp3) is 0.560. The number of carboxylic acids is 2. The summed E-state index contributed by atoms with van der Waals surface area (Å²) in [5, 5.41) is 25.6. The van der Waals surface area contributed by atoms with Gasteiger partial charge in [-0.25, -0.2) is 9.59 Å². The molecule has 1 rings (SSSR count). The molecule has 200 valence electrons. The molecule has 0 heterocycles. The molecular weight excluding hydrogens is 470 g/mol. The van der Waals surface area contributed by atoms with E-state index < -0.39 is 54.4 Å². The number of carbonyl (C=O) groups is 5. The zero-order chi connectivity index (χ0) is 27.3. The molecule has 36 heavy (non-hydrogen) atoms. The van der Waals surface area contributed by atoms with Crippen molar-refractivity contribution in [3.05, 3.63) is 35.9 Å². The van der Waals surface area contributed by atoms with Crippen LogP contribution in [0.25, 0.3) is 0 Å². The Morgan fingerprint density at radius 3 is 1.75 bits per heavy atom. The number of carbonyl (C=O) groups excluding carboxylic acids is 3. The van der Waals surface area contributed by atoms with Gasteiger partial charge >= 0.3 is 18.0 Å². The number of rotatable bonds is 15. The smallest absolute Gasteiger partial charge is 0.408 e. The minimum Gasteiger partial charge on any atom is -0.481 e. The molecule has 0 spiro atoms. The maximum absolute atomic E-state index is 13.1. The topological polar surface area (TPSA) is 171 Å². The van der Waals surface area contributed by atoms with Crippen LogP contribution in [-0.4, -0.2) is 58.2 Å². The summed E-state index contributed by atoms with van der Waals surface area (Å²) in [6.45, 7) is 7.42.